The summed E-state index contributed by atoms with van der Waals surface area (Å²) in [5, 5.41) is 12.4. The lowest BCUT2D eigenvalue weighted by Crippen LogP contribution is -2.30. The third-order valence-corrected chi connectivity index (χ3v) is 3.36. The Morgan fingerprint density at radius 1 is 1.57 bits per heavy atom. The van der Waals surface area contributed by atoms with Gasteiger partial charge in [0.1, 0.15) is 11.4 Å². The molecule has 2 rings (SSSR count). The second-order valence-corrected chi connectivity index (χ2v) is 6.45. The zero-order chi connectivity index (χ0) is 15.6. The molecule has 0 spiro atoms. The highest BCUT2D eigenvalue weighted by Crippen LogP contribution is 2.26. The fourth-order valence-corrected chi connectivity index (χ4v) is 2.36. The van der Waals surface area contributed by atoms with E-state index in [4.69, 9.17) is 5.73 Å². The van der Waals surface area contributed by atoms with Crippen molar-refractivity contribution in [2.75, 3.05) is 29.9 Å². The van der Waals surface area contributed by atoms with Crippen LogP contribution in [0.15, 0.2) is 6.20 Å². The number of carbonyl (C=O) groups is 1. The standard InChI is InChI=1S/C14H23N5O2/c1-14(2,3)18-13-16-6-10(11(15)21)12(17-13)19-5-4-9(7-19)8-20/h6,9,20H,4-5,7-8H2,1-3H3,(H2,15,21)(H,16,17,18). The predicted molar refractivity (Wildman–Crippen MR) is 81.3 cm³/mol. The maximum absolute atomic E-state index is 11.6. The van der Waals surface area contributed by atoms with Gasteiger partial charge in [0.25, 0.3) is 5.91 Å². The molecule has 2 heterocycles. The molecule has 21 heavy (non-hydrogen) atoms. The van der Waals surface area contributed by atoms with Crippen LogP contribution in [-0.4, -0.2) is 46.2 Å². The Morgan fingerprint density at radius 2 is 2.29 bits per heavy atom. The molecule has 116 valence electrons. The minimum Gasteiger partial charge on any atom is -0.396 e. The first-order chi connectivity index (χ1) is 9.80. The Labute approximate surface area is 124 Å². The number of aliphatic hydroxyl groups excluding tert-OH is 1. The lowest BCUT2D eigenvalue weighted by atomic mass is 10.1. The largest absolute Gasteiger partial charge is 0.396 e. The van der Waals surface area contributed by atoms with Crippen LogP contribution in [0.5, 0.6) is 0 Å². The molecule has 1 aromatic heterocycles. The topological polar surface area (TPSA) is 104 Å². The summed E-state index contributed by atoms with van der Waals surface area (Å²) in [7, 11) is 0. The van der Waals surface area contributed by atoms with Gasteiger partial charge >= 0.3 is 0 Å². The van der Waals surface area contributed by atoms with Crippen molar-refractivity contribution < 1.29 is 9.90 Å². The van der Waals surface area contributed by atoms with Crippen molar-refractivity contribution >= 4 is 17.7 Å². The second-order valence-electron chi connectivity index (χ2n) is 6.45. The summed E-state index contributed by atoms with van der Waals surface area (Å²) in [4.78, 5) is 22.2. The zero-order valence-electron chi connectivity index (χ0n) is 12.8. The van der Waals surface area contributed by atoms with E-state index in [2.05, 4.69) is 15.3 Å². The molecule has 1 saturated heterocycles. The molecule has 0 aromatic carbocycles. The molecule has 1 aliphatic heterocycles. The molecule has 0 aliphatic carbocycles. The van der Waals surface area contributed by atoms with E-state index in [0.29, 0.717) is 23.9 Å². The number of carbonyl (C=O) groups excluding carboxylic acids is 1. The highest BCUT2D eigenvalue weighted by Gasteiger charge is 2.27. The van der Waals surface area contributed by atoms with Gasteiger partial charge in [-0.15, -0.1) is 0 Å². The maximum Gasteiger partial charge on any atom is 0.254 e. The summed E-state index contributed by atoms with van der Waals surface area (Å²) in [5.41, 5.74) is 5.55. The zero-order valence-corrected chi connectivity index (χ0v) is 12.8. The molecule has 0 bridgehead atoms. The van der Waals surface area contributed by atoms with E-state index in [-0.39, 0.29) is 18.1 Å². The molecule has 0 radical (unpaired) electrons. The van der Waals surface area contributed by atoms with Crippen molar-refractivity contribution in [3.63, 3.8) is 0 Å². The van der Waals surface area contributed by atoms with Crippen molar-refractivity contribution in [3.8, 4) is 0 Å². The summed E-state index contributed by atoms with van der Waals surface area (Å²) in [5.74, 6) is 0.676. The van der Waals surface area contributed by atoms with Gasteiger partial charge in [0.15, 0.2) is 0 Å². The van der Waals surface area contributed by atoms with Gasteiger partial charge in [0.05, 0.1) is 0 Å². The Balaban J connectivity index is 2.31. The third-order valence-electron chi connectivity index (χ3n) is 3.36. The lowest BCUT2D eigenvalue weighted by molar-refractivity contribution is 0.1000. The number of nitrogens with one attached hydrogen (secondary N) is 1. The van der Waals surface area contributed by atoms with E-state index in [1.165, 1.54) is 6.20 Å². The highest BCUT2D eigenvalue weighted by molar-refractivity contribution is 5.97. The quantitative estimate of drug-likeness (QED) is 0.751. The van der Waals surface area contributed by atoms with Gasteiger partial charge in [-0.2, -0.15) is 4.98 Å². The second kappa shape index (κ2) is 5.85. The van der Waals surface area contributed by atoms with Gasteiger partial charge in [0.2, 0.25) is 5.95 Å². The highest BCUT2D eigenvalue weighted by atomic mass is 16.3. The van der Waals surface area contributed by atoms with Crippen LogP contribution in [0, 0.1) is 5.92 Å². The number of aromatic nitrogens is 2. The van der Waals surface area contributed by atoms with E-state index in [1.807, 2.05) is 25.7 Å². The van der Waals surface area contributed by atoms with E-state index < -0.39 is 5.91 Å². The molecule has 1 unspecified atom stereocenters. The summed E-state index contributed by atoms with van der Waals surface area (Å²) in [6.07, 6.45) is 2.34. The number of aliphatic hydroxyl groups is 1. The van der Waals surface area contributed by atoms with Crippen LogP contribution in [0.4, 0.5) is 11.8 Å². The maximum atomic E-state index is 11.6. The van der Waals surface area contributed by atoms with E-state index in [9.17, 15) is 9.90 Å². The predicted octanol–water partition coefficient (Wildman–Crippen LogP) is 0.604. The summed E-state index contributed by atoms with van der Waals surface area (Å²) in [6.45, 7) is 7.59. The molecule has 0 saturated carbocycles. The molecule has 7 nitrogen and oxygen atoms in total. The number of hydrogen-bond acceptors (Lipinski definition) is 6. The fraction of sp³-hybridized carbons (Fsp3) is 0.643. The minimum atomic E-state index is -0.542. The SMILES string of the molecule is CC(C)(C)Nc1ncc(C(N)=O)c(N2CCC(CO)C2)n1. The Morgan fingerprint density at radius 3 is 2.81 bits per heavy atom. The summed E-state index contributed by atoms with van der Waals surface area (Å²) >= 11 is 0. The lowest BCUT2D eigenvalue weighted by Gasteiger charge is -2.23. The number of rotatable bonds is 4. The summed E-state index contributed by atoms with van der Waals surface area (Å²) < 4.78 is 0. The third kappa shape index (κ3) is 3.81. The first-order valence-electron chi connectivity index (χ1n) is 7.11. The van der Waals surface area contributed by atoms with Crippen LogP contribution in [0.3, 0.4) is 0 Å². The number of hydrogen-bond donors (Lipinski definition) is 3. The Kier molecular flexibility index (Phi) is 4.32. The number of anilines is 2. The van der Waals surface area contributed by atoms with Crippen molar-refractivity contribution in [1.82, 2.24) is 9.97 Å². The van der Waals surface area contributed by atoms with Crippen LogP contribution in [0.1, 0.15) is 37.6 Å². The van der Waals surface area contributed by atoms with E-state index in [1.54, 1.807) is 0 Å². The molecule has 7 heteroatoms. The van der Waals surface area contributed by atoms with Gasteiger partial charge in [-0.3, -0.25) is 4.79 Å². The summed E-state index contributed by atoms with van der Waals surface area (Å²) in [6, 6.07) is 0. The Bertz CT molecular complexity index is 527. The number of amides is 1. The van der Waals surface area contributed by atoms with Crippen LogP contribution < -0.4 is 16.0 Å². The molecule has 1 aromatic rings. The van der Waals surface area contributed by atoms with Crippen LogP contribution in [-0.2, 0) is 0 Å². The fourth-order valence-electron chi connectivity index (χ4n) is 2.36. The minimum absolute atomic E-state index is 0.139. The van der Waals surface area contributed by atoms with Gasteiger partial charge in [-0.1, -0.05) is 0 Å². The average Bonchev–Trinajstić information content (AvgIpc) is 2.85. The first kappa shape index (κ1) is 15.5. The van der Waals surface area contributed by atoms with Crippen LogP contribution in [0.25, 0.3) is 0 Å². The molecule has 1 fully saturated rings. The van der Waals surface area contributed by atoms with Crippen LogP contribution >= 0.6 is 0 Å². The normalized spacial score (nSPS) is 18.9. The van der Waals surface area contributed by atoms with E-state index >= 15 is 0 Å². The van der Waals surface area contributed by atoms with Gasteiger partial charge in [-0.25, -0.2) is 4.98 Å². The molecule has 4 N–H and O–H groups in total. The smallest absolute Gasteiger partial charge is 0.254 e. The van der Waals surface area contributed by atoms with Crippen molar-refractivity contribution in [2.45, 2.75) is 32.7 Å². The number of primary amides is 1. The monoisotopic (exact) mass is 293 g/mol. The van der Waals surface area contributed by atoms with Gasteiger partial charge in [0, 0.05) is 37.4 Å². The van der Waals surface area contributed by atoms with E-state index in [0.717, 1.165) is 13.0 Å². The van der Waals surface area contributed by atoms with Crippen molar-refractivity contribution in [1.29, 1.82) is 0 Å². The van der Waals surface area contributed by atoms with Crippen LogP contribution in [0.2, 0.25) is 0 Å². The Hall–Kier alpha value is -1.89. The van der Waals surface area contributed by atoms with Crippen molar-refractivity contribution in [2.24, 2.45) is 11.7 Å². The number of nitrogens with two attached hydrogens (primary N) is 1. The van der Waals surface area contributed by atoms with Crippen molar-refractivity contribution in [3.05, 3.63) is 11.8 Å². The van der Waals surface area contributed by atoms with Gasteiger partial charge < -0.3 is 21.1 Å². The molecule has 1 amide bonds. The molecule has 1 atom stereocenters. The molecular weight excluding hydrogens is 270 g/mol. The molecular formula is C14H23N5O2. The van der Waals surface area contributed by atoms with Gasteiger partial charge in [-0.05, 0) is 27.2 Å². The first-order valence-corrected chi connectivity index (χ1v) is 7.11. The number of nitrogens with zero attached hydrogens (tertiary/aromatic N) is 3. The molecule has 1 aliphatic rings. The average molecular weight is 293 g/mol.